The van der Waals surface area contributed by atoms with Crippen molar-refractivity contribution in [2.24, 2.45) is 0 Å². The number of rotatable bonds is 36. The third-order valence-corrected chi connectivity index (χ3v) is 15.9. The Labute approximate surface area is 578 Å². The van der Waals surface area contributed by atoms with Crippen LogP contribution in [0.5, 0.6) is 17.4 Å². The van der Waals surface area contributed by atoms with E-state index in [-0.39, 0.29) is 55.1 Å². The van der Waals surface area contributed by atoms with Crippen LogP contribution in [0.4, 0.5) is 0 Å². The molecule has 3 aromatic carbocycles. The minimum Gasteiger partial charge on any atom is -0.493 e. The standard InChI is InChI=1S/3C26H30N2O5/c1-19(2)28(26(31)21-13-11-20(12-14-21)23-9-7-17-32-23)18-22-24(8-6-15-27-22)33-16-5-3-4-10-25(29)30;1-19(2)28(26(31)21-13-11-20(12-14-21)23-9-7-17-32-23)18-22-8-6-15-27-25(22)33-16-5-3-4-10-24(29)30;1-19(2)28(26(31)21-11-9-20(10-12-21)23-7-6-16-33-23)18-22-17-27-14-13-24(22)32-15-5-3-4-8-25(29)30/h2*6-9,11-15,17,19H,3-5,10,16,18H2,1-2H3,(H,29,30);6-7,9-14,16-17,19H,3-5,8,15,18H2,1-2H3,(H,29,30). The van der Waals surface area contributed by atoms with Gasteiger partial charge in [-0.3, -0.25) is 38.7 Å². The topological polar surface area (TPSA) is 279 Å². The van der Waals surface area contributed by atoms with Gasteiger partial charge in [0.1, 0.15) is 34.5 Å². The van der Waals surface area contributed by atoms with Crippen LogP contribution in [0.3, 0.4) is 0 Å². The molecule has 0 radical (unpaired) electrons. The van der Waals surface area contributed by atoms with E-state index >= 15 is 0 Å². The maximum Gasteiger partial charge on any atom is 0.303 e. The van der Waals surface area contributed by atoms with E-state index in [2.05, 4.69) is 15.0 Å². The van der Waals surface area contributed by atoms with Gasteiger partial charge < -0.3 is 57.5 Å². The van der Waals surface area contributed by atoms with Crippen LogP contribution in [0.1, 0.15) is 166 Å². The molecule has 6 heterocycles. The molecule has 0 aliphatic rings. The molecule has 0 atom stereocenters. The molecule has 0 spiro atoms. The molecular weight excluding hydrogens is 1260 g/mol. The van der Waals surface area contributed by atoms with E-state index in [1.165, 1.54) is 0 Å². The summed E-state index contributed by atoms with van der Waals surface area (Å²) in [6.45, 7) is 14.4. The van der Waals surface area contributed by atoms with Gasteiger partial charge in [-0.1, -0.05) is 42.5 Å². The lowest BCUT2D eigenvalue weighted by Gasteiger charge is -2.27. The number of amides is 3. The van der Waals surface area contributed by atoms with Crippen molar-refractivity contribution < 1.29 is 71.5 Å². The van der Waals surface area contributed by atoms with E-state index in [4.69, 9.17) is 42.8 Å². The number of carbonyl (C=O) groups excluding carboxylic acids is 3. The molecule has 3 amide bonds. The number of carboxylic acid groups (broad SMARTS) is 3. The summed E-state index contributed by atoms with van der Waals surface area (Å²) >= 11 is 0. The number of ether oxygens (including phenoxy) is 3. The normalized spacial score (nSPS) is 10.9. The Morgan fingerprint density at radius 1 is 0.394 bits per heavy atom. The zero-order valence-corrected chi connectivity index (χ0v) is 57.2. The summed E-state index contributed by atoms with van der Waals surface area (Å²) in [7, 11) is 0. The molecule has 6 aromatic heterocycles. The second-order valence-corrected chi connectivity index (χ2v) is 24.3. The molecule has 21 heteroatoms. The lowest BCUT2D eigenvalue weighted by Crippen LogP contribution is -2.36. The van der Waals surface area contributed by atoms with E-state index in [0.717, 1.165) is 83.6 Å². The van der Waals surface area contributed by atoms with Crippen LogP contribution < -0.4 is 14.2 Å². The summed E-state index contributed by atoms with van der Waals surface area (Å²) < 4.78 is 34.0. The SMILES string of the molecule is CC(C)N(Cc1cccnc1OCCCCCC(=O)O)C(=O)c1ccc(-c2ccco2)cc1.CC(C)N(Cc1cnccc1OCCCCCC(=O)O)C(=O)c1ccc(-c2ccco2)cc1.CC(C)N(Cc1ncccc1OCCCCCC(=O)O)C(=O)c1ccc(-c2ccco2)cc1. The third-order valence-electron chi connectivity index (χ3n) is 15.9. The molecule has 9 aromatic rings. The number of carboxylic acids is 3. The highest BCUT2D eigenvalue weighted by molar-refractivity contribution is 5.96. The summed E-state index contributed by atoms with van der Waals surface area (Å²) in [5.74, 6) is 1.55. The molecule has 0 saturated heterocycles. The Balaban J connectivity index is 0.000000209. The zero-order chi connectivity index (χ0) is 70.9. The van der Waals surface area contributed by atoms with Crippen LogP contribution in [-0.4, -0.2) is 119 Å². The largest absolute Gasteiger partial charge is 0.493 e. The smallest absolute Gasteiger partial charge is 0.303 e. The summed E-state index contributed by atoms with van der Waals surface area (Å²) in [6.07, 6.45) is 18.7. The van der Waals surface area contributed by atoms with E-state index in [9.17, 15) is 28.8 Å². The highest BCUT2D eigenvalue weighted by Gasteiger charge is 2.25. The van der Waals surface area contributed by atoms with Crippen LogP contribution >= 0.6 is 0 Å². The van der Waals surface area contributed by atoms with E-state index < -0.39 is 17.9 Å². The predicted molar refractivity (Wildman–Crippen MR) is 375 cm³/mol. The summed E-state index contributed by atoms with van der Waals surface area (Å²) in [5, 5.41) is 26.2. The quantitative estimate of drug-likeness (QED) is 0.0308. The van der Waals surface area contributed by atoms with Gasteiger partial charge in [0, 0.05) is 107 Å². The first kappa shape index (κ1) is 75.5. The lowest BCUT2D eigenvalue weighted by atomic mass is 10.1. The lowest BCUT2D eigenvalue weighted by molar-refractivity contribution is -0.138. The fourth-order valence-corrected chi connectivity index (χ4v) is 10.4. The average molecular weight is 1350 g/mol. The predicted octanol–water partition coefficient (Wildman–Crippen LogP) is 16.2. The number of benzene rings is 3. The van der Waals surface area contributed by atoms with Gasteiger partial charge in [0.15, 0.2) is 0 Å². The van der Waals surface area contributed by atoms with Crippen LogP contribution in [-0.2, 0) is 34.0 Å². The molecule has 522 valence electrons. The van der Waals surface area contributed by atoms with Gasteiger partial charge in [0.2, 0.25) is 5.88 Å². The first-order valence-electron chi connectivity index (χ1n) is 33.6. The second kappa shape index (κ2) is 40.0. The summed E-state index contributed by atoms with van der Waals surface area (Å²) in [5.41, 5.74) is 6.89. The monoisotopic (exact) mass is 1350 g/mol. The van der Waals surface area contributed by atoms with Gasteiger partial charge in [-0.15, -0.1) is 0 Å². The highest BCUT2D eigenvalue weighted by atomic mass is 16.5. The first-order chi connectivity index (χ1) is 47.9. The number of furan rings is 3. The number of hydrogen-bond acceptors (Lipinski definition) is 15. The zero-order valence-electron chi connectivity index (χ0n) is 57.2. The molecule has 21 nitrogen and oxygen atoms in total. The molecule has 0 bridgehead atoms. The minimum atomic E-state index is -0.781. The van der Waals surface area contributed by atoms with Gasteiger partial charge in [-0.25, -0.2) is 4.98 Å². The number of unbranched alkanes of at least 4 members (excludes halogenated alkanes) is 6. The number of aliphatic carboxylic acids is 3. The fraction of sp³-hybridized carbons (Fsp3) is 0.346. The van der Waals surface area contributed by atoms with Crippen LogP contribution in [0.15, 0.2) is 196 Å². The summed E-state index contributed by atoms with van der Waals surface area (Å²) in [6, 6.07) is 42.4. The van der Waals surface area contributed by atoms with Crippen LogP contribution in [0, 0.1) is 0 Å². The van der Waals surface area contributed by atoms with E-state index in [1.54, 1.807) is 70.4 Å². The summed E-state index contributed by atoms with van der Waals surface area (Å²) in [4.78, 5) is 90.0. The molecular formula is C78H90N6O15. The average Bonchev–Trinajstić information content (AvgIpc) is 1.51. The first-order valence-corrected chi connectivity index (χ1v) is 33.6. The molecule has 0 unspecified atom stereocenters. The van der Waals surface area contributed by atoms with Gasteiger partial charge in [0.05, 0.1) is 58.2 Å². The van der Waals surface area contributed by atoms with Crippen molar-refractivity contribution in [3.8, 4) is 51.4 Å². The molecule has 0 fully saturated rings. The van der Waals surface area contributed by atoms with Crippen molar-refractivity contribution in [3.63, 3.8) is 0 Å². The second-order valence-electron chi connectivity index (χ2n) is 24.3. The maximum absolute atomic E-state index is 13.3. The Bertz CT molecular complexity index is 3490. The van der Waals surface area contributed by atoms with Crippen LogP contribution in [0.25, 0.3) is 34.0 Å². The molecule has 0 aliphatic carbocycles. The van der Waals surface area contributed by atoms with Crippen molar-refractivity contribution in [1.29, 1.82) is 0 Å². The Morgan fingerprint density at radius 3 is 1.18 bits per heavy atom. The van der Waals surface area contributed by atoms with Crippen molar-refractivity contribution >= 4 is 35.6 Å². The fourth-order valence-electron chi connectivity index (χ4n) is 10.4. The van der Waals surface area contributed by atoms with Gasteiger partial charge in [-0.2, -0.15) is 0 Å². The maximum atomic E-state index is 13.3. The molecule has 99 heavy (non-hydrogen) atoms. The number of pyridine rings is 3. The van der Waals surface area contributed by atoms with Gasteiger partial charge >= 0.3 is 17.9 Å². The third kappa shape index (κ3) is 24.6. The number of carbonyl (C=O) groups is 6. The molecule has 9 rings (SSSR count). The van der Waals surface area contributed by atoms with E-state index in [0.29, 0.717) is 98.5 Å². The Kier molecular flexibility index (Phi) is 30.5. The number of hydrogen-bond donors (Lipinski definition) is 3. The van der Waals surface area contributed by atoms with Crippen molar-refractivity contribution in [2.75, 3.05) is 19.8 Å². The van der Waals surface area contributed by atoms with E-state index in [1.807, 2.05) is 169 Å². The number of aromatic nitrogens is 3. The number of nitrogens with zero attached hydrogens (tertiary/aromatic N) is 6. The molecule has 0 saturated carbocycles. The Morgan fingerprint density at radius 2 is 0.778 bits per heavy atom. The van der Waals surface area contributed by atoms with Crippen molar-refractivity contribution in [2.45, 2.75) is 156 Å². The molecule has 3 N–H and O–H groups in total. The minimum absolute atomic E-state index is 0.0219. The van der Waals surface area contributed by atoms with Crippen molar-refractivity contribution in [3.05, 3.63) is 217 Å². The van der Waals surface area contributed by atoms with Crippen LogP contribution in [0.2, 0.25) is 0 Å². The Hall–Kier alpha value is -10.8. The molecule has 0 aliphatic heterocycles. The highest BCUT2D eigenvalue weighted by Crippen LogP contribution is 2.28. The van der Waals surface area contributed by atoms with Gasteiger partial charge in [-0.05, 0) is 196 Å². The van der Waals surface area contributed by atoms with Gasteiger partial charge in [0.25, 0.3) is 17.7 Å². The van der Waals surface area contributed by atoms with Crippen molar-refractivity contribution in [1.82, 2.24) is 29.7 Å².